The fourth-order valence-electron chi connectivity index (χ4n) is 5.37. The number of cyclic esters (lactones) is 1. The quantitative estimate of drug-likeness (QED) is 0.348. The third-order valence-corrected chi connectivity index (χ3v) is 7.09. The number of aromatic nitrogens is 1. The predicted octanol–water partition coefficient (Wildman–Crippen LogP) is 6.46. The molecule has 0 bridgehead atoms. The van der Waals surface area contributed by atoms with E-state index in [1.54, 1.807) is 0 Å². The number of ether oxygens (including phenoxy) is 1. The van der Waals surface area contributed by atoms with Crippen molar-refractivity contribution in [2.24, 2.45) is 0 Å². The van der Waals surface area contributed by atoms with Gasteiger partial charge in [0.1, 0.15) is 13.2 Å². The number of allylic oxidation sites excluding steroid dienone is 4. The highest BCUT2D eigenvalue weighted by Gasteiger charge is 2.29. The summed E-state index contributed by atoms with van der Waals surface area (Å²) < 4.78 is 4.95. The van der Waals surface area contributed by atoms with Crippen LogP contribution in [-0.2, 0) is 9.53 Å². The Kier molecular flexibility index (Phi) is 9.63. The molecule has 0 atom stereocenters. The van der Waals surface area contributed by atoms with Gasteiger partial charge in [-0.2, -0.15) is 0 Å². The molecule has 3 heterocycles. The van der Waals surface area contributed by atoms with Gasteiger partial charge in [0.25, 0.3) is 0 Å². The summed E-state index contributed by atoms with van der Waals surface area (Å²) in [7, 11) is 0. The van der Waals surface area contributed by atoms with Gasteiger partial charge in [0.2, 0.25) is 5.91 Å². The van der Waals surface area contributed by atoms with E-state index in [9.17, 15) is 9.59 Å². The number of nitrogens with zero attached hydrogens (tertiary/aromatic N) is 2. The second-order valence-corrected chi connectivity index (χ2v) is 10.4. The fraction of sp³-hybridized carbons (Fsp3) is 0.484. The van der Waals surface area contributed by atoms with Crippen LogP contribution < -0.4 is 0 Å². The Morgan fingerprint density at radius 3 is 2.46 bits per heavy atom. The molecule has 1 aromatic heterocycles. The summed E-state index contributed by atoms with van der Waals surface area (Å²) in [6, 6.07) is 6.85. The molecule has 198 valence electrons. The maximum absolute atomic E-state index is 12.7. The van der Waals surface area contributed by atoms with Crippen LogP contribution in [0.4, 0.5) is 4.79 Å². The van der Waals surface area contributed by atoms with Crippen LogP contribution in [0.3, 0.4) is 0 Å². The first-order chi connectivity index (χ1) is 17.8. The minimum Gasteiger partial charge on any atom is -0.448 e. The number of rotatable bonds is 7. The molecule has 37 heavy (non-hydrogen) atoms. The molecule has 1 aromatic carbocycles. The van der Waals surface area contributed by atoms with E-state index in [4.69, 9.17) is 4.74 Å². The molecule has 6 nitrogen and oxygen atoms in total. The summed E-state index contributed by atoms with van der Waals surface area (Å²) >= 11 is 0. The molecule has 0 unspecified atom stereocenters. The summed E-state index contributed by atoms with van der Waals surface area (Å²) in [5.41, 5.74) is 7.70. The van der Waals surface area contributed by atoms with Crippen molar-refractivity contribution in [1.82, 2.24) is 14.8 Å². The van der Waals surface area contributed by atoms with Gasteiger partial charge in [0, 0.05) is 29.7 Å². The van der Waals surface area contributed by atoms with Crippen LogP contribution in [0, 0.1) is 12.8 Å². The number of terminal acetylenes is 1. The Morgan fingerprint density at radius 1 is 1.19 bits per heavy atom. The number of carbonyl (C=O) groups is 2. The van der Waals surface area contributed by atoms with Gasteiger partial charge in [-0.05, 0) is 73.8 Å². The first kappa shape index (κ1) is 28.1. The van der Waals surface area contributed by atoms with Crippen LogP contribution in [0.15, 0.2) is 35.9 Å². The van der Waals surface area contributed by atoms with Crippen molar-refractivity contribution < 1.29 is 14.3 Å². The molecule has 2 fully saturated rings. The zero-order chi connectivity index (χ0) is 27.1. The molecule has 0 saturated carbocycles. The molecule has 0 spiro atoms. The molecular weight excluding hydrogens is 462 g/mol. The Labute approximate surface area is 221 Å². The van der Waals surface area contributed by atoms with E-state index in [2.05, 4.69) is 82.8 Å². The van der Waals surface area contributed by atoms with Gasteiger partial charge in [-0.25, -0.2) is 4.79 Å². The van der Waals surface area contributed by atoms with E-state index in [0.29, 0.717) is 25.0 Å². The Morgan fingerprint density at radius 2 is 1.89 bits per heavy atom. The van der Waals surface area contributed by atoms with E-state index >= 15 is 0 Å². The molecule has 6 heteroatoms. The lowest BCUT2D eigenvalue weighted by molar-refractivity contribution is -0.132. The average Bonchev–Trinajstić information content (AvgIpc) is 3.47. The van der Waals surface area contributed by atoms with Crippen LogP contribution in [0.25, 0.3) is 16.5 Å². The lowest BCUT2D eigenvalue weighted by Gasteiger charge is -2.33. The second-order valence-electron chi connectivity index (χ2n) is 10.4. The number of benzene rings is 1. The number of fused-ring (bicyclic) bond motifs is 1. The lowest BCUT2D eigenvalue weighted by Crippen LogP contribution is -2.44. The van der Waals surface area contributed by atoms with Crippen molar-refractivity contribution in [3.8, 4) is 12.8 Å². The topological polar surface area (TPSA) is 65.6 Å². The zero-order valence-electron chi connectivity index (χ0n) is 23.0. The molecular formula is C31H41N3O3. The van der Waals surface area contributed by atoms with Crippen molar-refractivity contribution >= 4 is 28.5 Å². The van der Waals surface area contributed by atoms with Crippen molar-refractivity contribution in [2.45, 2.75) is 65.7 Å². The molecule has 4 rings (SSSR count). The number of H-pyrrole nitrogens is 1. The number of aromatic amines is 1. The number of piperidine rings is 1. The number of carbonyl (C=O) groups excluding carboxylic acids is 2. The average molecular weight is 504 g/mol. The highest BCUT2D eigenvalue weighted by Crippen LogP contribution is 2.37. The minimum atomic E-state index is -0.380. The minimum absolute atomic E-state index is 0.0182. The molecule has 2 aliphatic heterocycles. The van der Waals surface area contributed by atoms with E-state index in [-0.39, 0.29) is 18.5 Å². The van der Waals surface area contributed by atoms with Crippen LogP contribution in [-0.4, -0.2) is 59.6 Å². The Hall–Kier alpha value is -3.46. The van der Waals surface area contributed by atoms with E-state index in [1.165, 1.54) is 43.8 Å². The van der Waals surface area contributed by atoms with Gasteiger partial charge < -0.3 is 14.6 Å². The van der Waals surface area contributed by atoms with Gasteiger partial charge in [-0.1, -0.05) is 44.6 Å². The number of hydrogen-bond acceptors (Lipinski definition) is 3. The largest absolute Gasteiger partial charge is 0.448 e. The monoisotopic (exact) mass is 503 g/mol. The summed E-state index contributed by atoms with van der Waals surface area (Å²) in [6.45, 7) is 13.5. The molecule has 1 N–H and O–H groups in total. The van der Waals surface area contributed by atoms with Gasteiger partial charge in [-0.15, -0.1) is 12.8 Å². The number of nitrogens with one attached hydrogen (secondary N) is 1. The zero-order valence-corrected chi connectivity index (χ0v) is 23.0. The van der Waals surface area contributed by atoms with E-state index in [0.717, 1.165) is 32.4 Å². The molecule has 0 radical (unpaired) electrons. The smallest absolute Gasteiger partial charge is 0.410 e. The van der Waals surface area contributed by atoms with Crippen molar-refractivity contribution in [3.63, 3.8) is 0 Å². The van der Waals surface area contributed by atoms with E-state index in [1.807, 2.05) is 4.90 Å². The number of amides is 2. The molecule has 2 amide bonds. The summed E-state index contributed by atoms with van der Waals surface area (Å²) in [6.07, 6.45) is 15.1. The van der Waals surface area contributed by atoms with Crippen molar-refractivity contribution in [3.05, 3.63) is 52.7 Å². The molecule has 2 aliphatic rings. The molecule has 0 aliphatic carbocycles. The maximum atomic E-state index is 12.7. The summed E-state index contributed by atoms with van der Waals surface area (Å²) in [5, 5.41) is 1.31. The van der Waals surface area contributed by atoms with Crippen LogP contribution in [0.1, 0.15) is 82.5 Å². The predicted molar refractivity (Wildman–Crippen MR) is 151 cm³/mol. The van der Waals surface area contributed by atoms with Gasteiger partial charge in [0.15, 0.2) is 0 Å². The van der Waals surface area contributed by atoms with Gasteiger partial charge in [0.05, 0.1) is 6.54 Å². The SMILES string of the molecule is C#C.CC/C=C(\C=C(C)C)c1[nH]c2ccc(C3CCN(C(=O)CN4CCOC4=O)CC3)cc2c1C(C)C. The molecule has 2 saturated heterocycles. The first-order valence-electron chi connectivity index (χ1n) is 13.3. The van der Waals surface area contributed by atoms with Crippen LogP contribution >= 0.6 is 0 Å². The normalized spacial score (nSPS) is 16.5. The van der Waals surface area contributed by atoms with Crippen LogP contribution in [0.2, 0.25) is 0 Å². The van der Waals surface area contributed by atoms with Crippen molar-refractivity contribution in [2.75, 3.05) is 32.8 Å². The lowest BCUT2D eigenvalue weighted by atomic mass is 9.87. The maximum Gasteiger partial charge on any atom is 0.410 e. The highest BCUT2D eigenvalue weighted by molar-refractivity contribution is 5.92. The van der Waals surface area contributed by atoms with Crippen molar-refractivity contribution in [1.29, 1.82) is 0 Å². The van der Waals surface area contributed by atoms with Gasteiger partial charge >= 0.3 is 6.09 Å². The fourth-order valence-corrected chi connectivity index (χ4v) is 5.37. The highest BCUT2D eigenvalue weighted by atomic mass is 16.6. The summed E-state index contributed by atoms with van der Waals surface area (Å²) in [5.74, 6) is 0.850. The molecule has 2 aromatic rings. The van der Waals surface area contributed by atoms with Gasteiger partial charge in [-0.3, -0.25) is 9.69 Å². The standard InChI is InChI=1S/C29H39N3O3.C2H2/c1-6-7-23(16-19(2)3)28-27(20(4)5)24-17-22(8-9-25(24)30-28)21-10-12-31(13-11-21)26(33)18-32-14-15-35-29(32)34;1-2/h7-9,16-17,20-21,30H,6,10-15,18H2,1-5H3;1-2H/b23-7+;. The Balaban J connectivity index is 0.00000186. The third kappa shape index (κ3) is 6.46. The first-order valence-corrected chi connectivity index (χ1v) is 13.3. The number of hydrogen-bond donors (Lipinski definition) is 1. The number of likely N-dealkylation sites (tertiary alicyclic amines) is 1. The van der Waals surface area contributed by atoms with Crippen LogP contribution in [0.5, 0.6) is 0 Å². The second kappa shape index (κ2) is 12.7. The van der Waals surface area contributed by atoms with E-state index < -0.39 is 0 Å². The Bertz CT molecular complexity index is 1190. The third-order valence-electron chi connectivity index (χ3n) is 7.09. The summed E-state index contributed by atoms with van der Waals surface area (Å²) in [4.78, 5) is 31.5.